The molecular weight excluding hydrogens is 494 g/mol. The molecule has 4 rings (SSSR count). The molecule has 1 aliphatic heterocycles. The predicted molar refractivity (Wildman–Crippen MR) is 137 cm³/mol. The SMILES string of the molecule is CO[C@H]1OC(COCc2ccccc2)[C@@H](OCc2ccccc2)C(O)[C@H]1NC1C=C(CO)[C@@H](O)C(O)[C@H]1O. The highest BCUT2D eigenvalue weighted by molar-refractivity contribution is 5.22. The lowest BCUT2D eigenvalue weighted by molar-refractivity contribution is -0.278. The number of methoxy groups -OCH3 is 1. The highest BCUT2D eigenvalue weighted by Crippen LogP contribution is 2.28. The molecule has 10 nitrogen and oxygen atoms in total. The van der Waals surface area contributed by atoms with E-state index in [1.54, 1.807) is 0 Å². The number of nitrogens with one attached hydrogen (secondary N) is 1. The van der Waals surface area contributed by atoms with Gasteiger partial charge in [-0.25, -0.2) is 0 Å². The van der Waals surface area contributed by atoms with Gasteiger partial charge in [-0.1, -0.05) is 66.7 Å². The molecular formula is C28H37NO9. The minimum atomic E-state index is -1.52. The second kappa shape index (κ2) is 13.7. The van der Waals surface area contributed by atoms with Crippen molar-refractivity contribution >= 4 is 0 Å². The van der Waals surface area contributed by atoms with Crippen molar-refractivity contribution in [1.29, 1.82) is 0 Å². The molecule has 0 bridgehead atoms. The Balaban J connectivity index is 1.51. The van der Waals surface area contributed by atoms with Gasteiger partial charge >= 0.3 is 0 Å². The van der Waals surface area contributed by atoms with Gasteiger partial charge in [-0.2, -0.15) is 0 Å². The predicted octanol–water partition coefficient (Wildman–Crippen LogP) is -0.137. The van der Waals surface area contributed by atoms with Crippen LogP contribution in [0.5, 0.6) is 0 Å². The largest absolute Gasteiger partial charge is 0.392 e. The number of rotatable bonds is 11. The van der Waals surface area contributed by atoms with Gasteiger partial charge in [-0.15, -0.1) is 0 Å². The van der Waals surface area contributed by atoms with E-state index in [-0.39, 0.29) is 18.8 Å². The highest BCUT2D eigenvalue weighted by atomic mass is 16.7. The smallest absolute Gasteiger partial charge is 0.175 e. The molecule has 0 spiro atoms. The van der Waals surface area contributed by atoms with E-state index in [9.17, 15) is 25.5 Å². The van der Waals surface area contributed by atoms with Crippen LogP contribution in [-0.2, 0) is 32.2 Å². The zero-order valence-corrected chi connectivity index (χ0v) is 21.2. The number of hydrogen-bond donors (Lipinski definition) is 6. The molecule has 0 saturated carbocycles. The molecule has 38 heavy (non-hydrogen) atoms. The van der Waals surface area contributed by atoms with Gasteiger partial charge in [0.25, 0.3) is 0 Å². The van der Waals surface area contributed by atoms with Crippen LogP contribution in [0.4, 0.5) is 0 Å². The Bertz CT molecular complexity index is 1010. The van der Waals surface area contributed by atoms with Crippen LogP contribution < -0.4 is 5.32 Å². The summed E-state index contributed by atoms with van der Waals surface area (Å²) in [6.07, 6.45) is -6.49. The van der Waals surface area contributed by atoms with Gasteiger partial charge in [-0.3, -0.25) is 5.32 Å². The van der Waals surface area contributed by atoms with Gasteiger partial charge in [0.15, 0.2) is 6.29 Å². The Kier molecular flexibility index (Phi) is 10.4. The number of aliphatic hydroxyl groups excluding tert-OH is 5. The first-order chi connectivity index (χ1) is 18.4. The molecule has 6 N–H and O–H groups in total. The lowest BCUT2D eigenvalue weighted by Gasteiger charge is -2.46. The summed E-state index contributed by atoms with van der Waals surface area (Å²) in [5.74, 6) is 0. The lowest BCUT2D eigenvalue weighted by atomic mass is 9.87. The summed E-state index contributed by atoms with van der Waals surface area (Å²) in [6, 6.07) is 17.4. The fourth-order valence-electron chi connectivity index (χ4n) is 4.83. The monoisotopic (exact) mass is 531 g/mol. The van der Waals surface area contributed by atoms with Crippen LogP contribution >= 0.6 is 0 Å². The first kappa shape index (κ1) is 28.8. The van der Waals surface area contributed by atoms with Gasteiger partial charge in [-0.05, 0) is 16.7 Å². The van der Waals surface area contributed by atoms with E-state index in [0.29, 0.717) is 6.61 Å². The zero-order chi connectivity index (χ0) is 27.1. The summed E-state index contributed by atoms with van der Waals surface area (Å²) in [5, 5.41) is 55.1. The van der Waals surface area contributed by atoms with Crippen LogP contribution in [0.15, 0.2) is 72.3 Å². The molecule has 4 unspecified atom stereocenters. The standard InChI is InChI=1S/C28H37NO9/c1-35-28-22(29-20-12-19(13-30)23(31)26(34)24(20)32)25(33)27(37-15-18-10-6-3-7-11-18)21(38-28)16-36-14-17-8-4-2-5-9-17/h2-12,20-34H,13-16H2,1H3/t20?,21?,22-,23-,24+,25?,26?,27-,28+/m1/s1. The number of aliphatic hydroxyl groups is 5. The van der Waals surface area contributed by atoms with Gasteiger partial charge < -0.3 is 44.5 Å². The van der Waals surface area contributed by atoms with Gasteiger partial charge in [0.2, 0.25) is 0 Å². The average Bonchev–Trinajstić information content (AvgIpc) is 2.95. The average molecular weight is 532 g/mol. The fourth-order valence-corrected chi connectivity index (χ4v) is 4.83. The van der Waals surface area contributed by atoms with Crippen LogP contribution in [0.3, 0.4) is 0 Å². The van der Waals surface area contributed by atoms with Crippen molar-refractivity contribution in [2.45, 2.75) is 68.2 Å². The summed E-state index contributed by atoms with van der Waals surface area (Å²) >= 11 is 0. The van der Waals surface area contributed by atoms with E-state index < -0.39 is 61.6 Å². The number of benzene rings is 2. The van der Waals surface area contributed by atoms with E-state index in [4.69, 9.17) is 18.9 Å². The van der Waals surface area contributed by atoms with E-state index in [1.165, 1.54) is 13.2 Å². The van der Waals surface area contributed by atoms with Crippen molar-refractivity contribution in [2.24, 2.45) is 0 Å². The quantitative estimate of drug-likeness (QED) is 0.216. The first-order valence-corrected chi connectivity index (χ1v) is 12.7. The third kappa shape index (κ3) is 6.85. The van der Waals surface area contributed by atoms with Gasteiger partial charge in [0, 0.05) is 7.11 Å². The van der Waals surface area contributed by atoms with E-state index in [0.717, 1.165) is 11.1 Å². The van der Waals surface area contributed by atoms with Gasteiger partial charge in [0.1, 0.15) is 36.6 Å². The summed E-state index contributed by atoms with van der Waals surface area (Å²) < 4.78 is 23.8. The minimum Gasteiger partial charge on any atom is -0.392 e. The van der Waals surface area contributed by atoms with E-state index in [1.807, 2.05) is 60.7 Å². The molecule has 2 aliphatic rings. The molecule has 1 saturated heterocycles. The minimum absolute atomic E-state index is 0.128. The molecule has 1 aliphatic carbocycles. The van der Waals surface area contributed by atoms with Crippen molar-refractivity contribution in [3.8, 4) is 0 Å². The number of ether oxygens (including phenoxy) is 4. The summed E-state index contributed by atoms with van der Waals surface area (Å²) in [6.45, 7) is 0.204. The molecule has 1 heterocycles. The molecule has 0 radical (unpaired) electrons. The summed E-state index contributed by atoms with van der Waals surface area (Å²) in [7, 11) is 1.43. The van der Waals surface area contributed by atoms with Crippen LogP contribution in [0, 0.1) is 0 Å². The topological polar surface area (TPSA) is 150 Å². The van der Waals surface area contributed by atoms with Crippen LogP contribution in [0.2, 0.25) is 0 Å². The lowest BCUT2D eigenvalue weighted by Crippen LogP contribution is -2.68. The molecule has 0 amide bonds. The Morgan fingerprint density at radius 3 is 2.08 bits per heavy atom. The first-order valence-electron chi connectivity index (χ1n) is 12.7. The van der Waals surface area contributed by atoms with Crippen molar-refractivity contribution in [2.75, 3.05) is 20.3 Å². The molecule has 2 aromatic carbocycles. The molecule has 1 fully saturated rings. The van der Waals surface area contributed by atoms with Gasteiger partial charge in [0.05, 0.1) is 38.5 Å². The van der Waals surface area contributed by atoms with Crippen molar-refractivity contribution in [3.63, 3.8) is 0 Å². The van der Waals surface area contributed by atoms with Crippen molar-refractivity contribution in [3.05, 3.63) is 83.4 Å². The molecule has 10 heteroatoms. The Morgan fingerprint density at radius 2 is 1.47 bits per heavy atom. The Morgan fingerprint density at radius 1 is 0.842 bits per heavy atom. The highest BCUT2D eigenvalue weighted by Gasteiger charge is 2.48. The molecule has 2 aromatic rings. The number of hydrogen-bond acceptors (Lipinski definition) is 10. The fraction of sp³-hybridized carbons (Fsp3) is 0.500. The Hall–Kier alpha value is -2.22. The van der Waals surface area contributed by atoms with E-state index in [2.05, 4.69) is 5.32 Å². The third-order valence-electron chi connectivity index (χ3n) is 6.97. The van der Waals surface area contributed by atoms with Crippen LogP contribution in [-0.4, -0.2) is 101 Å². The second-order valence-electron chi connectivity index (χ2n) is 9.58. The summed E-state index contributed by atoms with van der Waals surface area (Å²) in [5.41, 5.74) is 2.06. The molecule has 0 aromatic heterocycles. The Labute approximate surface area is 222 Å². The van der Waals surface area contributed by atoms with E-state index >= 15 is 0 Å². The van der Waals surface area contributed by atoms with Crippen LogP contribution in [0.25, 0.3) is 0 Å². The van der Waals surface area contributed by atoms with Crippen molar-refractivity contribution in [1.82, 2.24) is 5.32 Å². The molecule has 208 valence electrons. The second-order valence-corrected chi connectivity index (χ2v) is 9.58. The maximum Gasteiger partial charge on any atom is 0.175 e. The van der Waals surface area contributed by atoms with Crippen molar-refractivity contribution < 1.29 is 44.5 Å². The zero-order valence-electron chi connectivity index (χ0n) is 21.2. The maximum atomic E-state index is 11.5. The van der Waals surface area contributed by atoms with Crippen LogP contribution in [0.1, 0.15) is 11.1 Å². The summed E-state index contributed by atoms with van der Waals surface area (Å²) in [4.78, 5) is 0. The molecule has 9 atom stereocenters. The maximum absolute atomic E-state index is 11.5. The normalized spacial score (nSPS) is 33.6. The third-order valence-corrected chi connectivity index (χ3v) is 6.97.